The van der Waals surface area contributed by atoms with Crippen molar-refractivity contribution in [2.24, 2.45) is 0 Å². The largest absolute Gasteiger partial charge is 0.180 e. The highest BCUT2D eigenvalue weighted by Crippen LogP contribution is 1.95. The van der Waals surface area contributed by atoms with E-state index in [9.17, 15) is 0 Å². The fourth-order valence-corrected chi connectivity index (χ4v) is 0.703. The Bertz CT molecular complexity index is 185. The molecule has 0 nitrogen and oxygen atoms in total. The van der Waals surface area contributed by atoms with Gasteiger partial charge in [0.2, 0.25) is 0 Å². The van der Waals surface area contributed by atoms with E-state index in [4.69, 9.17) is 0 Å². The van der Waals surface area contributed by atoms with Crippen molar-refractivity contribution in [3.05, 3.63) is 48.4 Å². The van der Waals surface area contributed by atoms with Crippen LogP contribution in [0.1, 0.15) is 13.8 Å². The zero-order valence-electron chi connectivity index (χ0n) is 7.25. The molecule has 0 atom stereocenters. The van der Waals surface area contributed by atoms with E-state index >= 15 is 0 Å². The first-order valence-electron chi connectivity index (χ1n) is 3.76. The zero-order valence-corrected chi connectivity index (χ0v) is 7.25. The molecular weight excluding hydrogens is 131 g/mol. The number of allylic oxidation sites excluding steroid dienone is 6. The van der Waals surface area contributed by atoms with Crippen LogP contribution >= 0.6 is 0 Å². The number of hydrogen-bond acceptors (Lipinski definition) is 0. The number of hydrogen-bond donors (Lipinski definition) is 0. The molecule has 0 aliphatic rings. The summed E-state index contributed by atoms with van der Waals surface area (Å²) in [4.78, 5) is 0. The van der Waals surface area contributed by atoms with E-state index in [1.54, 1.807) is 5.98 Å². The topological polar surface area (TPSA) is 0 Å². The minimum Gasteiger partial charge on any atom is -0.123 e. The van der Waals surface area contributed by atoms with E-state index < -0.39 is 0 Å². The Balaban J connectivity index is 4.18. The van der Waals surface area contributed by atoms with Crippen molar-refractivity contribution in [3.8, 4) is 0 Å². The first-order chi connectivity index (χ1) is 5.35. The summed E-state index contributed by atoms with van der Waals surface area (Å²) in [5.41, 5.74) is 1.17. The molecule has 0 bridgehead atoms. The summed E-state index contributed by atoms with van der Waals surface area (Å²) in [6.45, 7) is 7.63. The van der Waals surface area contributed by atoms with Gasteiger partial charge in [0.25, 0.3) is 0 Å². The Hall–Kier alpha value is -0.975. The molecule has 0 aliphatic heterocycles. The first-order valence-corrected chi connectivity index (χ1v) is 3.76. The van der Waals surface area contributed by atoms with Crippen molar-refractivity contribution < 1.29 is 0 Å². The maximum absolute atomic E-state index is 3.64. The third-order valence-corrected chi connectivity index (χ3v) is 1.15. The monoisotopic (exact) mass is 145 g/mol. The Morgan fingerprint density at radius 3 is 2.45 bits per heavy atom. The van der Waals surface area contributed by atoms with Crippen LogP contribution in [0.5, 0.6) is 0 Å². The lowest BCUT2D eigenvalue weighted by atomic mass is 9.69. The third-order valence-electron chi connectivity index (χ3n) is 1.15. The molecule has 0 unspecified atom stereocenters. The molecule has 11 heavy (non-hydrogen) atoms. The molecule has 0 aromatic rings. The van der Waals surface area contributed by atoms with Gasteiger partial charge in [-0.25, -0.2) is 0 Å². The summed E-state index contributed by atoms with van der Waals surface area (Å²) in [6, 6.07) is 0. The Kier molecular flexibility index (Phi) is 6.50. The van der Waals surface area contributed by atoms with Gasteiger partial charge in [0.05, 0.1) is 0 Å². The highest BCUT2D eigenvalue weighted by Gasteiger charge is 1.86. The summed E-state index contributed by atoms with van der Waals surface area (Å²) in [6.07, 6.45) is 10.1. The van der Waals surface area contributed by atoms with Gasteiger partial charge in [-0.2, -0.15) is 0 Å². The first kappa shape index (κ1) is 10.0. The summed E-state index contributed by atoms with van der Waals surface area (Å²) in [7, 11) is 1.97. The lowest BCUT2D eigenvalue weighted by Crippen LogP contribution is -1.87. The molecule has 0 spiro atoms. The molecule has 0 saturated heterocycles. The molecule has 0 aromatic heterocycles. The predicted molar refractivity (Wildman–Crippen MR) is 53.7 cm³/mol. The molecule has 0 N–H and O–H groups in total. The number of rotatable bonds is 4. The lowest BCUT2D eigenvalue weighted by molar-refractivity contribution is 1.68. The van der Waals surface area contributed by atoms with Gasteiger partial charge >= 0.3 is 0 Å². The van der Waals surface area contributed by atoms with E-state index in [1.807, 2.05) is 51.5 Å². The van der Waals surface area contributed by atoms with Crippen molar-refractivity contribution in [3.63, 3.8) is 0 Å². The molecule has 0 aromatic carbocycles. The predicted octanol–water partition coefficient (Wildman–Crippen LogP) is 2.87. The zero-order chi connectivity index (χ0) is 8.53. The van der Waals surface area contributed by atoms with Crippen LogP contribution in [0, 0.1) is 0 Å². The Labute approximate surface area is 70.3 Å². The third kappa shape index (κ3) is 5.47. The molecule has 0 saturated carbocycles. The van der Waals surface area contributed by atoms with Crippen LogP contribution in [0.2, 0.25) is 0 Å². The second kappa shape index (κ2) is 7.14. The van der Waals surface area contributed by atoms with Crippen LogP contribution in [0.25, 0.3) is 0 Å². The van der Waals surface area contributed by atoms with Gasteiger partial charge in [-0.1, -0.05) is 35.9 Å². The van der Waals surface area contributed by atoms with Crippen molar-refractivity contribution >= 4 is 7.28 Å². The minimum atomic E-state index is 1.17. The molecule has 57 valence electrons. The second-order valence-corrected chi connectivity index (χ2v) is 2.09. The highest BCUT2D eigenvalue weighted by atomic mass is 13.7. The molecule has 0 aliphatic carbocycles. The SMILES string of the molecule is C=C[B]C(/C=C\C)=C/C=C\C. The van der Waals surface area contributed by atoms with Gasteiger partial charge < -0.3 is 0 Å². The quantitative estimate of drug-likeness (QED) is 0.421. The van der Waals surface area contributed by atoms with Crippen molar-refractivity contribution in [1.29, 1.82) is 0 Å². The molecule has 1 radical (unpaired) electrons. The van der Waals surface area contributed by atoms with E-state index in [0.717, 1.165) is 0 Å². The highest BCUT2D eigenvalue weighted by molar-refractivity contribution is 6.52. The molecule has 0 rings (SSSR count). The van der Waals surface area contributed by atoms with Gasteiger partial charge in [-0.05, 0) is 13.8 Å². The average molecular weight is 145 g/mol. The molecular formula is C10H14B. The lowest BCUT2D eigenvalue weighted by Gasteiger charge is -1.91. The normalized spacial score (nSPS) is 12.7. The van der Waals surface area contributed by atoms with Crippen LogP contribution in [-0.4, -0.2) is 7.28 Å². The van der Waals surface area contributed by atoms with Crippen LogP contribution in [0.3, 0.4) is 0 Å². The standard InChI is InChI=1S/C10H14B/c1-4-7-9-10(8-5-2)11-6-3/h4-9H,3H2,1-2H3/b7-4-,8-5-,10-9+. The summed E-state index contributed by atoms with van der Waals surface area (Å²) in [5, 5.41) is 0. The maximum atomic E-state index is 3.64. The molecule has 0 fully saturated rings. The van der Waals surface area contributed by atoms with Gasteiger partial charge in [0.15, 0.2) is 7.28 Å². The van der Waals surface area contributed by atoms with Crippen molar-refractivity contribution in [2.75, 3.05) is 0 Å². The van der Waals surface area contributed by atoms with Crippen LogP contribution in [0.4, 0.5) is 0 Å². The van der Waals surface area contributed by atoms with Crippen LogP contribution in [0.15, 0.2) is 48.4 Å². The van der Waals surface area contributed by atoms with Crippen LogP contribution < -0.4 is 0 Å². The minimum absolute atomic E-state index is 1.17. The maximum Gasteiger partial charge on any atom is 0.180 e. The van der Waals surface area contributed by atoms with E-state index in [1.165, 1.54) is 5.47 Å². The van der Waals surface area contributed by atoms with Crippen molar-refractivity contribution in [1.82, 2.24) is 0 Å². The average Bonchev–Trinajstić information content (AvgIpc) is 2.01. The fourth-order valence-electron chi connectivity index (χ4n) is 0.703. The summed E-state index contributed by atoms with van der Waals surface area (Å²) >= 11 is 0. The Morgan fingerprint density at radius 2 is 2.00 bits per heavy atom. The summed E-state index contributed by atoms with van der Waals surface area (Å²) < 4.78 is 0. The van der Waals surface area contributed by atoms with E-state index in [0.29, 0.717) is 0 Å². The van der Waals surface area contributed by atoms with E-state index in [-0.39, 0.29) is 0 Å². The van der Waals surface area contributed by atoms with Gasteiger partial charge in [0, 0.05) is 0 Å². The van der Waals surface area contributed by atoms with Crippen molar-refractivity contribution in [2.45, 2.75) is 13.8 Å². The molecule has 0 heterocycles. The molecule has 0 amide bonds. The fraction of sp³-hybridized carbons (Fsp3) is 0.200. The van der Waals surface area contributed by atoms with Crippen LogP contribution in [-0.2, 0) is 0 Å². The second-order valence-electron chi connectivity index (χ2n) is 2.09. The molecule has 1 heteroatoms. The van der Waals surface area contributed by atoms with E-state index in [2.05, 4.69) is 6.58 Å². The van der Waals surface area contributed by atoms with Gasteiger partial charge in [-0.3, -0.25) is 0 Å². The smallest absolute Gasteiger partial charge is 0.123 e. The summed E-state index contributed by atoms with van der Waals surface area (Å²) in [5.74, 6) is 1.79. The van der Waals surface area contributed by atoms with Gasteiger partial charge in [-0.15, -0.1) is 12.6 Å². The van der Waals surface area contributed by atoms with Gasteiger partial charge in [0.1, 0.15) is 0 Å². The Morgan fingerprint density at radius 1 is 1.27 bits per heavy atom.